The van der Waals surface area contributed by atoms with Gasteiger partial charge in [0.1, 0.15) is 0 Å². The standard InChI is InChI=1S/C19H23N3O/c23-19(17-8-11-20-12-9-17)21-18-7-4-13-22(15-18)14-10-16-5-2-1-3-6-16/h1-3,5-6,8-9,11-12,18H,4,7,10,13-15H2,(H,21,23)/t18-/m0/s1. The third kappa shape index (κ3) is 4.63. The predicted octanol–water partition coefficient (Wildman–Crippen LogP) is 2.52. The molecule has 1 aromatic carbocycles. The number of nitrogens with one attached hydrogen (secondary N) is 1. The fourth-order valence-corrected chi connectivity index (χ4v) is 3.08. The van der Waals surface area contributed by atoms with Crippen LogP contribution in [-0.2, 0) is 6.42 Å². The van der Waals surface area contributed by atoms with Crippen molar-refractivity contribution in [3.8, 4) is 0 Å². The number of aromatic nitrogens is 1. The zero-order valence-electron chi connectivity index (χ0n) is 13.3. The monoisotopic (exact) mass is 309 g/mol. The number of pyridine rings is 1. The quantitative estimate of drug-likeness (QED) is 0.923. The number of carbonyl (C=O) groups is 1. The summed E-state index contributed by atoms with van der Waals surface area (Å²) in [7, 11) is 0. The Labute approximate surface area is 137 Å². The molecule has 23 heavy (non-hydrogen) atoms. The highest BCUT2D eigenvalue weighted by atomic mass is 16.1. The average Bonchev–Trinajstić information content (AvgIpc) is 2.62. The van der Waals surface area contributed by atoms with Crippen LogP contribution in [0.3, 0.4) is 0 Å². The van der Waals surface area contributed by atoms with Gasteiger partial charge in [-0.1, -0.05) is 30.3 Å². The van der Waals surface area contributed by atoms with Gasteiger partial charge in [-0.15, -0.1) is 0 Å². The van der Waals surface area contributed by atoms with Crippen LogP contribution >= 0.6 is 0 Å². The van der Waals surface area contributed by atoms with Crippen molar-refractivity contribution < 1.29 is 4.79 Å². The summed E-state index contributed by atoms with van der Waals surface area (Å²) in [4.78, 5) is 18.6. The lowest BCUT2D eigenvalue weighted by Gasteiger charge is -2.33. The van der Waals surface area contributed by atoms with Gasteiger partial charge >= 0.3 is 0 Å². The van der Waals surface area contributed by atoms with E-state index in [1.165, 1.54) is 5.56 Å². The molecule has 4 nitrogen and oxygen atoms in total. The van der Waals surface area contributed by atoms with Crippen LogP contribution in [0.1, 0.15) is 28.8 Å². The van der Waals surface area contributed by atoms with Gasteiger partial charge in [-0.2, -0.15) is 0 Å². The second kappa shape index (κ2) is 7.88. The molecule has 1 aliphatic heterocycles. The van der Waals surface area contributed by atoms with E-state index < -0.39 is 0 Å². The van der Waals surface area contributed by atoms with Crippen molar-refractivity contribution in [1.29, 1.82) is 0 Å². The van der Waals surface area contributed by atoms with Gasteiger partial charge < -0.3 is 10.2 Å². The van der Waals surface area contributed by atoms with Crippen LogP contribution in [0, 0.1) is 0 Å². The molecule has 1 amide bonds. The maximum Gasteiger partial charge on any atom is 0.251 e. The zero-order chi connectivity index (χ0) is 15.9. The summed E-state index contributed by atoms with van der Waals surface area (Å²) < 4.78 is 0. The third-order valence-electron chi connectivity index (χ3n) is 4.34. The number of hydrogen-bond donors (Lipinski definition) is 1. The number of likely N-dealkylation sites (tertiary alicyclic amines) is 1. The van der Waals surface area contributed by atoms with Gasteiger partial charge in [-0.05, 0) is 43.5 Å². The second-order valence-corrected chi connectivity index (χ2v) is 6.08. The van der Waals surface area contributed by atoms with Crippen LogP contribution in [-0.4, -0.2) is 41.5 Å². The van der Waals surface area contributed by atoms with Crippen molar-refractivity contribution in [2.24, 2.45) is 0 Å². The topological polar surface area (TPSA) is 45.2 Å². The largest absolute Gasteiger partial charge is 0.348 e. The lowest BCUT2D eigenvalue weighted by Crippen LogP contribution is -2.48. The molecule has 2 aromatic rings. The van der Waals surface area contributed by atoms with Crippen LogP contribution in [0.2, 0.25) is 0 Å². The molecule has 1 aliphatic rings. The minimum atomic E-state index is 0.00214. The Balaban J connectivity index is 1.49. The molecule has 1 N–H and O–H groups in total. The number of benzene rings is 1. The molecular formula is C19H23N3O. The van der Waals surface area contributed by atoms with Crippen molar-refractivity contribution in [2.45, 2.75) is 25.3 Å². The summed E-state index contributed by atoms with van der Waals surface area (Å²) >= 11 is 0. The van der Waals surface area contributed by atoms with Gasteiger partial charge in [0.2, 0.25) is 0 Å². The van der Waals surface area contributed by atoms with Crippen molar-refractivity contribution in [2.75, 3.05) is 19.6 Å². The third-order valence-corrected chi connectivity index (χ3v) is 4.34. The summed E-state index contributed by atoms with van der Waals surface area (Å²) in [5, 5.41) is 3.15. The summed E-state index contributed by atoms with van der Waals surface area (Å²) in [6, 6.07) is 14.3. The van der Waals surface area contributed by atoms with Crippen LogP contribution in [0.4, 0.5) is 0 Å². The van der Waals surface area contributed by atoms with E-state index in [0.717, 1.165) is 38.9 Å². The number of piperidine rings is 1. The molecule has 0 spiro atoms. The smallest absolute Gasteiger partial charge is 0.251 e. The molecule has 0 bridgehead atoms. The number of nitrogens with zero attached hydrogens (tertiary/aromatic N) is 2. The van der Waals surface area contributed by atoms with E-state index in [0.29, 0.717) is 5.56 Å². The van der Waals surface area contributed by atoms with Crippen LogP contribution in [0.25, 0.3) is 0 Å². The first-order chi connectivity index (χ1) is 11.3. The summed E-state index contributed by atoms with van der Waals surface area (Å²) in [5.74, 6) is 0.00214. The molecule has 0 radical (unpaired) electrons. The maximum atomic E-state index is 12.2. The van der Waals surface area contributed by atoms with Gasteiger partial charge in [-0.25, -0.2) is 0 Å². The highest BCUT2D eigenvalue weighted by Gasteiger charge is 2.21. The van der Waals surface area contributed by atoms with Crippen molar-refractivity contribution in [3.05, 3.63) is 66.0 Å². The first-order valence-corrected chi connectivity index (χ1v) is 8.28. The molecule has 1 fully saturated rings. The molecule has 1 atom stereocenters. The normalized spacial score (nSPS) is 18.5. The SMILES string of the molecule is O=C(N[C@H]1CCCN(CCc2ccccc2)C1)c1ccncc1. The molecule has 1 aromatic heterocycles. The number of hydrogen-bond acceptors (Lipinski definition) is 3. The van der Waals surface area contributed by atoms with Crippen LogP contribution in [0.15, 0.2) is 54.9 Å². The van der Waals surface area contributed by atoms with E-state index >= 15 is 0 Å². The zero-order valence-corrected chi connectivity index (χ0v) is 13.3. The van der Waals surface area contributed by atoms with Gasteiger partial charge in [-0.3, -0.25) is 9.78 Å². The molecule has 0 aliphatic carbocycles. The lowest BCUT2D eigenvalue weighted by molar-refractivity contribution is 0.0904. The molecule has 0 unspecified atom stereocenters. The fourth-order valence-electron chi connectivity index (χ4n) is 3.08. The van der Waals surface area contributed by atoms with E-state index in [1.54, 1.807) is 24.5 Å². The highest BCUT2D eigenvalue weighted by Crippen LogP contribution is 2.12. The van der Waals surface area contributed by atoms with Crippen molar-refractivity contribution >= 4 is 5.91 Å². The van der Waals surface area contributed by atoms with E-state index in [1.807, 2.05) is 0 Å². The summed E-state index contributed by atoms with van der Waals surface area (Å²) in [6.07, 6.45) is 6.56. The Morgan fingerprint density at radius 1 is 1.17 bits per heavy atom. The Hall–Kier alpha value is -2.20. The van der Waals surface area contributed by atoms with E-state index in [-0.39, 0.29) is 11.9 Å². The van der Waals surface area contributed by atoms with Gasteiger partial charge in [0, 0.05) is 37.1 Å². The van der Waals surface area contributed by atoms with Gasteiger partial charge in [0.05, 0.1) is 0 Å². The predicted molar refractivity (Wildman–Crippen MR) is 91.3 cm³/mol. The number of carbonyl (C=O) groups excluding carboxylic acids is 1. The summed E-state index contributed by atoms with van der Waals surface area (Å²) in [5.41, 5.74) is 2.05. The first-order valence-electron chi connectivity index (χ1n) is 8.28. The average molecular weight is 309 g/mol. The highest BCUT2D eigenvalue weighted by molar-refractivity contribution is 5.94. The minimum Gasteiger partial charge on any atom is -0.348 e. The molecule has 2 heterocycles. The Morgan fingerprint density at radius 2 is 1.96 bits per heavy atom. The van der Waals surface area contributed by atoms with Crippen LogP contribution < -0.4 is 5.32 Å². The van der Waals surface area contributed by atoms with E-state index in [4.69, 9.17) is 0 Å². The van der Waals surface area contributed by atoms with E-state index in [2.05, 4.69) is 45.5 Å². The molecule has 1 saturated heterocycles. The number of amides is 1. The van der Waals surface area contributed by atoms with Crippen molar-refractivity contribution in [3.63, 3.8) is 0 Å². The lowest BCUT2D eigenvalue weighted by atomic mass is 10.0. The molecule has 120 valence electrons. The fraction of sp³-hybridized carbons (Fsp3) is 0.368. The summed E-state index contributed by atoms with van der Waals surface area (Å²) in [6.45, 7) is 3.10. The molecule has 3 rings (SSSR count). The Morgan fingerprint density at radius 3 is 2.74 bits per heavy atom. The first kappa shape index (κ1) is 15.7. The van der Waals surface area contributed by atoms with Gasteiger partial charge in [0.25, 0.3) is 5.91 Å². The van der Waals surface area contributed by atoms with Crippen LogP contribution in [0.5, 0.6) is 0 Å². The Bertz CT molecular complexity index is 615. The van der Waals surface area contributed by atoms with Crippen molar-refractivity contribution in [1.82, 2.24) is 15.2 Å². The van der Waals surface area contributed by atoms with E-state index in [9.17, 15) is 4.79 Å². The molecule has 0 saturated carbocycles. The molecule has 4 heteroatoms. The minimum absolute atomic E-state index is 0.00214. The molecular weight excluding hydrogens is 286 g/mol. The second-order valence-electron chi connectivity index (χ2n) is 6.08. The van der Waals surface area contributed by atoms with Gasteiger partial charge in [0.15, 0.2) is 0 Å². The number of rotatable bonds is 5. The Kier molecular flexibility index (Phi) is 5.37. The maximum absolute atomic E-state index is 12.2.